The molecule has 21 heavy (non-hydrogen) atoms. The molecule has 2 rings (SSSR count). The lowest BCUT2D eigenvalue weighted by Gasteiger charge is -2.08. The summed E-state index contributed by atoms with van der Waals surface area (Å²) in [5.74, 6) is -2.08. The number of rotatable bonds is 3. The number of phenols is 1. The molecule has 0 aliphatic carbocycles. The van der Waals surface area contributed by atoms with Gasteiger partial charge in [-0.05, 0) is 52.3 Å². The number of benzene rings is 2. The van der Waals surface area contributed by atoms with Crippen molar-refractivity contribution in [2.75, 3.05) is 11.1 Å². The molecular formula is C14H11BrN2O4. The van der Waals surface area contributed by atoms with Gasteiger partial charge in [-0.15, -0.1) is 0 Å². The average Bonchev–Trinajstić information content (AvgIpc) is 2.43. The number of carbonyl (C=O) groups excluding carboxylic acids is 1. The fourth-order valence-corrected chi connectivity index (χ4v) is 1.92. The highest BCUT2D eigenvalue weighted by atomic mass is 79.9. The van der Waals surface area contributed by atoms with Crippen LogP contribution in [0.2, 0.25) is 0 Å². The number of carboxylic acid groups (broad SMARTS) is 1. The van der Waals surface area contributed by atoms with Crippen molar-refractivity contribution in [3.63, 3.8) is 0 Å². The molecule has 5 N–H and O–H groups in total. The van der Waals surface area contributed by atoms with E-state index in [1.807, 2.05) is 0 Å². The van der Waals surface area contributed by atoms with Crippen molar-refractivity contribution < 1.29 is 19.8 Å². The SMILES string of the molecule is Nc1cc(C(=O)Nc2ccc(O)c(C(=O)O)c2)ccc1Br. The normalized spacial score (nSPS) is 10.1. The smallest absolute Gasteiger partial charge is 0.339 e. The van der Waals surface area contributed by atoms with Gasteiger partial charge in [0.1, 0.15) is 11.3 Å². The molecule has 7 heteroatoms. The molecule has 0 atom stereocenters. The molecule has 0 saturated carbocycles. The van der Waals surface area contributed by atoms with Gasteiger partial charge in [0.05, 0.1) is 0 Å². The third-order valence-corrected chi connectivity index (χ3v) is 3.47. The van der Waals surface area contributed by atoms with Crippen LogP contribution in [0.15, 0.2) is 40.9 Å². The van der Waals surface area contributed by atoms with Crippen LogP contribution < -0.4 is 11.1 Å². The van der Waals surface area contributed by atoms with Crippen LogP contribution in [0.25, 0.3) is 0 Å². The van der Waals surface area contributed by atoms with Crippen molar-refractivity contribution in [3.8, 4) is 5.75 Å². The summed E-state index contributed by atoms with van der Waals surface area (Å²) >= 11 is 3.23. The van der Waals surface area contributed by atoms with Gasteiger partial charge in [-0.3, -0.25) is 4.79 Å². The van der Waals surface area contributed by atoms with Gasteiger partial charge >= 0.3 is 5.97 Å². The van der Waals surface area contributed by atoms with E-state index in [9.17, 15) is 14.7 Å². The minimum atomic E-state index is -1.28. The fraction of sp³-hybridized carbons (Fsp3) is 0. The van der Waals surface area contributed by atoms with Crippen molar-refractivity contribution in [2.45, 2.75) is 0 Å². The molecule has 0 bridgehead atoms. The third-order valence-electron chi connectivity index (χ3n) is 2.74. The number of amides is 1. The second kappa shape index (κ2) is 5.84. The molecule has 0 heterocycles. The van der Waals surface area contributed by atoms with E-state index in [4.69, 9.17) is 10.8 Å². The van der Waals surface area contributed by atoms with E-state index in [-0.39, 0.29) is 17.0 Å². The summed E-state index contributed by atoms with van der Waals surface area (Å²) in [4.78, 5) is 23.0. The van der Waals surface area contributed by atoms with Gasteiger partial charge in [0.15, 0.2) is 0 Å². The number of aromatic hydroxyl groups is 1. The maximum absolute atomic E-state index is 12.1. The van der Waals surface area contributed by atoms with E-state index in [2.05, 4.69) is 21.2 Å². The van der Waals surface area contributed by atoms with Gasteiger partial charge in [-0.25, -0.2) is 4.79 Å². The topological polar surface area (TPSA) is 113 Å². The van der Waals surface area contributed by atoms with Gasteiger partial charge in [-0.1, -0.05) is 0 Å². The third kappa shape index (κ3) is 3.32. The largest absolute Gasteiger partial charge is 0.507 e. The van der Waals surface area contributed by atoms with Gasteiger partial charge in [0.25, 0.3) is 5.91 Å². The van der Waals surface area contributed by atoms with Crippen LogP contribution in [0.1, 0.15) is 20.7 Å². The summed E-state index contributed by atoms with van der Waals surface area (Å²) in [6.07, 6.45) is 0. The number of anilines is 2. The lowest BCUT2D eigenvalue weighted by Crippen LogP contribution is -2.12. The predicted molar refractivity (Wildman–Crippen MR) is 81.6 cm³/mol. The van der Waals surface area contributed by atoms with Crippen LogP contribution in [0.5, 0.6) is 5.75 Å². The zero-order valence-electron chi connectivity index (χ0n) is 10.6. The Morgan fingerprint density at radius 2 is 1.86 bits per heavy atom. The zero-order chi connectivity index (χ0) is 15.6. The molecule has 1 amide bonds. The number of nitrogen functional groups attached to an aromatic ring is 1. The number of carbonyl (C=O) groups is 2. The number of aromatic carboxylic acids is 1. The molecule has 0 aliphatic rings. The van der Waals surface area contributed by atoms with Crippen LogP contribution in [0.3, 0.4) is 0 Å². The quantitative estimate of drug-likeness (QED) is 0.502. The number of nitrogens with two attached hydrogens (primary N) is 1. The van der Waals surface area contributed by atoms with Crippen LogP contribution in [0.4, 0.5) is 11.4 Å². The van der Waals surface area contributed by atoms with E-state index < -0.39 is 11.9 Å². The summed E-state index contributed by atoms with van der Waals surface area (Å²) in [6.45, 7) is 0. The first-order chi connectivity index (χ1) is 9.88. The molecule has 0 unspecified atom stereocenters. The maximum atomic E-state index is 12.1. The van der Waals surface area contributed by atoms with Gasteiger partial charge in [-0.2, -0.15) is 0 Å². The second-order valence-electron chi connectivity index (χ2n) is 4.23. The highest BCUT2D eigenvalue weighted by Gasteiger charge is 2.13. The summed E-state index contributed by atoms with van der Waals surface area (Å²) < 4.78 is 0.678. The molecule has 0 aromatic heterocycles. The lowest BCUT2D eigenvalue weighted by molar-refractivity contribution is 0.0693. The first-order valence-electron chi connectivity index (χ1n) is 5.81. The standard InChI is InChI=1S/C14H11BrN2O4/c15-10-3-1-7(5-11(10)16)13(19)17-8-2-4-12(18)9(6-8)14(20)21/h1-6,18H,16H2,(H,17,19)(H,20,21). The Morgan fingerprint density at radius 1 is 1.14 bits per heavy atom. The monoisotopic (exact) mass is 350 g/mol. The second-order valence-corrected chi connectivity index (χ2v) is 5.08. The Labute approximate surface area is 128 Å². The van der Waals surface area contributed by atoms with Crippen molar-refractivity contribution in [1.82, 2.24) is 0 Å². The summed E-state index contributed by atoms with van der Waals surface area (Å²) in [7, 11) is 0. The Morgan fingerprint density at radius 3 is 2.48 bits per heavy atom. The van der Waals surface area contributed by atoms with Gasteiger partial charge in [0, 0.05) is 21.4 Å². The van der Waals surface area contributed by atoms with Crippen molar-refractivity contribution in [3.05, 3.63) is 52.0 Å². The highest BCUT2D eigenvalue weighted by Crippen LogP contribution is 2.23. The maximum Gasteiger partial charge on any atom is 0.339 e. The predicted octanol–water partition coefficient (Wildman–Crippen LogP) is 2.69. The van der Waals surface area contributed by atoms with Crippen LogP contribution >= 0.6 is 15.9 Å². The van der Waals surface area contributed by atoms with Gasteiger partial charge < -0.3 is 21.3 Å². The Kier molecular flexibility index (Phi) is 4.13. The van der Waals surface area contributed by atoms with Crippen molar-refractivity contribution in [1.29, 1.82) is 0 Å². The summed E-state index contributed by atoms with van der Waals surface area (Å²) in [5.41, 5.74) is 6.42. The molecule has 108 valence electrons. The Balaban J connectivity index is 2.25. The van der Waals surface area contributed by atoms with E-state index in [1.54, 1.807) is 12.1 Å². The number of hydrogen-bond acceptors (Lipinski definition) is 4. The molecule has 0 fully saturated rings. The van der Waals surface area contributed by atoms with Crippen LogP contribution in [-0.4, -0.2) is 22.1 Å². The molecule has 0 saturated heterocycles. The minimum Gasteiger partial charge on any atom is -0.507 e. The van der Waals surface area contributed by atoms with Crippen molar-refractivity contribution in [2.24, 2.45) is 0 Å². The molecular weight excluding hydrogens is 340 g/mol. The molecule has 2 aromatic carbocycles. The number of nitrogens with one attached hydrogen (secondary N) is 1. The molecule has 0 radical (unpaired) electrons. The molecule has 0 spiro atoms. The molecule has 6 nitrogen and oxygen atoms in total. The fourth-order valence-electron chi connectivity index (χ4n) is 1.67. The van der Waals surface area contributed by atoms with E-state index >= 15 is 0 Å². The number of carboxylic acids is 1. The Bertz CT molecular complexity index is 731. The number of halogens is 1. The number of hydrogen-bond donors (Lipinski definition) is 4. The molecule has 2 aromatic rings. The van der Waals surface area contributed by atoms with E-state index in [0.29, 0.717) is 15.7 Å². The first-order valence-corrected chi connectivity index (χ1v) is 6.60. The van der Waals surface area contributed by atoms with Crippen LogP contribution in [0, 0.1) is 0 Å². The first kappa shape index (κ1) is 14.9. The zero-order valence-corrected chi connectivity index (χ0v) is 12.2. The summed E-state index contributed by atoms with van der Waals surface area (Å²) in [6, 6.07) is 8.50. The van der Waals surface area contributed by atoms with E-state index in [1.165, 1.54) is 24.3 Å². The van der Waals surface area contributed by atoms with Crippen LogP contribution in [-0.2, 0) is 0 Å². The van der Waals surface area contributed by atoms with Crippen molar-refractivity contribution >= 4 is 39.2 Å². The Hall–Kier alpha value is -2.54. The van der Waals surface area contributed by atoms with Gasteiger partial charge in [0.2, 0.25) is 0 Å². The average molecular weight is 351 g/mol. The highest BCUT2D eigenvalue weighted by molar-refractivity contribution is 9.10. The molecule has 0 aliphatic heterocycles. The lowest BCUT2D eigenvalue weighted by atomic mass is 10.1. The summed E-state index contributed by atoms with van der Waals surface area (Å²) in [5, 5.41) is 20.9. The minimum absolute atomic E-state index is 0.261. The van der Waals surface area contributed by atoms with E-state index in [0.717, 1.165) is 0 Å².